The molecule has 1 aliphatic rings. The summed E-state index contributed by atoms with van der Waals surface area (Å²) in [4.78, 5) is 6.49. The first kappa shape index (κ1) is 15.4. The van der Waals surface area contributed by atoms with Crippen LogP contribution in [0.4, 0.5) is 0 Å². The fourth-order valence-electron chi connectivity index (χ4n) is 2.57. The lowest BCUT2D eigenvalue weighted by atomic mass is 10.2. The lowest BCUT2D eigenvalue weighted by Crippen LogP contribution is -2.35. The Morgan fingerprint density at radius 2 is 2.05 bits per heavy atom. The highest BCUT2D eigenvalue weighted by Crippen LogP contribution is 2.19. The summed E-state index contributed by atoms with van der Waals surface area (Å²) >= 11 is 0. The third-order valence-corrected chi connectivity index (χ3v) is 3.85. The van der Waals surface area contributed by atoms with Crippen LogP contribution < -0.4 is 5.32 Å². The van der Waals surface area contributed by atoms with Gasteiger partial charge in [0.15, 0.2) is 0 Å². The van der Waals surface area contributed by atoms with Gasteiger partial charge in [-0.05, 0) is 33.0 Å². The Bertz CT molecular complexity index is 385. The first-order valence-electron chi connectivity index (χ1n) is 7.37. The van der Waals surface area contributed by atoms with E-state index in [0.29, 0.717) is 0 Å². The molecule has 2 heterocycles. The first-order valence-corrected chi connectivity index (χ1v) is 7.37. The van der Waals surface area contributed by atoms with Crippen molar-refractivity contribution in [1.29, 1.82) is 0 Å². The molecule has 1 saturated heterocycles. The third kappa shape index (κ3) is 4.02. The van der Waals surface area contributed by atoms with Crippen molar-refractivity contribution in [2.24, 2.45) is 0 Å². The monoisotopic (exact) mass is 283 g/mol. The highest BCUT2D eigenvalue weighted by atomic mass is 16.4. The zero-order valence-electron chi connectivity index (χ0n) is 12.1. The van der Waals surface area contributed by atoms with E-state index in [0.717, 1.165) is 25.4 Å². The number of rotatable bonds is 6. The maximum absolute atomic E-state index is 10.1. The number of oxazole rings is 1. The van der Waals surface area contributed by atoms with Crippen molar-refractivity contribution < 1.29 is 14.6 Å². The summed E-state index contributed by atoms with van der Waals surface area (Å²) < 4.78 is 5.62. The van der Waals surface area contributed by atoms with E-state index in [9.17, 15) is 5.11 Å². The van der Waals surface area contributed by atoms with Crippen molar-refractivity contribution in [3.05, 3.63) is 17.8 Å². The standard InChI is InChI=1S/C14H25N3O3/c1-15-12(10-18)13(19)14-16-8-11(20-14)9-17-6-4-2-3-5-7-17/h8,12-13,15,18-19H,2-7,9-10H2,1H3. The van der Waals surface area contributed by atoms with Gasteiger partial charge in [-0.2, -0.15) is 0 Å². The maximum Gasteiger partial charge on any atom is 0.225 e. The van der Waals surface area contributed by atoms with Gasteiger partial charge < -0.3 is 19.9 Å². The molecule has 0 amide bonds. The molecule has 0 saturated carbocycles. The van der Waals surface area contributed by atoms with E-state index in [1.54, 1.807) is 13.2 Å². The molecule has 114 valence electrons. The summed E-state index contributed by atoms with van der Waals surface area (Å²) in [5, 5.41) is 22.0. The first-order chi connectivity index (χ1) is 9.74. The molecule has 0 aliphatic carbocycles. The molecule has 2 atom stereocenters. The lowest BCUT2D eigenvalue weighted by molar-refractivity contribution is 0.0703. The van der Waals surface area contributed by atoms with Gasteiger partial charge in [-0.15, -0.1) is 0 Å². The minimum atomic E-state index is -0.928. The van der Waals surface area contributed by atoms with E-state index in [1.165, 1.54) is 25.7 Å². The number of nitrogens with one attached hydrogen (secondary N) is 1. The van der Waals surface area contributed by atoms with Gasteiger partial charge in [0.1, 0.15) is 11.9 Å². The van der Waals surface area contributed by atoms with Crippen molar-refractivity contribution in [2.45, 2.75) is 44.4 Å². The molecule has 0 spiro atoms. The van der Waals surface area contributed by atoms with Gasteiger partial charge in [0.05, 0.1) is 25.4 Å². The summed E-state index contributed by atoms with van der Waals surface area (Å²) in [5.74, 6) is 1.04. The molecule has 1 aromatic heterocycles. The quantitative estimate of drug-likeness (QED) is 0.712. The van der Waals surface area contributed by atoms with Crippen molar-refractivity contribution in [3.8, 4) is 0 Å². The second-order valence-corrected chi connectivity index (χ2v) is 5.38. The van der Waals surface area contributed by atoms with Crippen LogP contribution in [-0.4, -0.2) is 52.9 Å². The molecule has 1 aromatic rings. The molecule has 3 N–H and O–H groups in total. The molecule has 0 bridgehead atoms. The van der Waals surface area contributed by atoms with Gasteiger partial charge in [0.2, 0.25) is 5.89 Å². The van der Waals surface area contributed by atoms with E-state index in [2.05, 4.69) is 15.2 Å². The van der Waals surface area contributed by atoms with Crippen LogP contribution in [0.1, 0.15) is 43.4 Å². The van der Waals surface area contributed by atoms with Crippen LogP contribution in [0.3, 0.4) is 0 Å². The average molecular weight is 283 g/mol. The van der Waals surface area contributed by atoms with Crippen molar-refractivity contribution in [3.63, 3.8) is 0 Å². The Hall–Kier alpha value is -0.950. The van der Waals surface area contributed by atoms with E-state index < -0.39 is 12.1 Å². The Morgan fingerprint density at radius 3 is 2.65 bits per heavy atom. The topological polar surface area (TPSA) is 81.8 Å². The second-order valence-electron chi connectivity index (χ2n) is 5.38. The SMILES string of the molecule is CNC(CO)C(O)c1ncc(CN2CCCCCC2)o1. The van der Waals surface area contributed by atoms with Crippen LogP contribution in [0, 0.1) is 0 Å². The van der Waals surface area contributed by atoms with Crippen LogP contribution in [0.2, 0.25) is 0 Å². The van der Waals surface area contributed by atoms with Crippen LogP contribution in [0.5, 0.6) is 0 Å². The van der Waals surface area contributed by atoms with E-state index in [4.69, 9.17) is 9.52 Å². The van der Waals surface area contributed by atoms with Crippen molar-refractivity contribution >= 4 is 0 Å². The number of hydrogen-bond acceptors (Lipinski definition) is 6. The van der Waals surface area contributed by atoms with Gasteiger partial charge in [0.25, 0.3) is 0 Å². The average Bonchev–Trinajstić information content (AvgIpc) is 2.76. The number of aliphatic hydroxyl groups is 2. The van der Waals surface area contributed by atoms with Crippen LogP contribution in [-0.2, 0) is 6.54 Å². The normalized spacial score (nSPS) is 20.6. The van der Waals surface area contributed by atoms with Gasteiger partial charge in [-0.3, -0.25) is 4.90 Å². The largest absolute Gasteiger partial charge is 0.441 e. The van der Waals surface area contributed by atoms with Gasteiger partial charge >= 0.3 is 0 Å². The Kier molecular flexibility index (Phi) is 5.97. The van der Waals surface area contributed by atoms with Crippen LogP contribution >= 0.6 is 0 Å². The molecule has 0 radical (unpaired) electrons. The number of likely N-dealkylation sites (N-methyl/N-ethyl adjacent to an activating group) is 1. The number of aromatic nitrogens is 1. The molecule has 1 fully saturated rings. The number of nitrogens with zero attached hydrogens (tertiary/aromatic N) is 2. The maximum atomic E-state index is 10.1. The molecule has 2 unspecified atom stereocenters. The van der Waals surface area contributed by atoms with E-state index in [-0.39, 0.29) is 12.5 Å². The summed E-state index contributed by atoms with van der Waals surface area (Å²) in [5.41, 5.74) is 0. The molecule has 1 aliphatic heterocycles. The molecular formula is C14H25N3O3. The van der Waals surface area contributed by atoms with Crippen molar-refractivity contribution in [1.82, 2.24) is 15.2 Å². The van der Waals surface area contributed by atoms with Gasteiger partial charge in [0, 0.05) is 0 Å². The zero-order valence-corrected chi connectivity index (χ0v) is 12.1. The summed E-state index contributed by atoms with van der Waals surface area (Å²) in [6.07, 6.45) is 5.82. The number of aliphatic hydroxyl groups excluding tert-OH is 2. The fraction of sp³-hybridized carbons (Fsp3) is 0.786. The zero-order chi connectivity index (χ0) is 14.4. The van der Waals surface area contributed by atoms with Gasteiger partial charge in [-0.1, -0.05) is 12.8 Å². The Balaban J connectivity index is 1.94. The van der Waals surface area contributed by atoms with Crippen LogP contribution in [0.15, 0.2) is 10.6 Å². The van der Waals surface area contributed by atoms with E-state index >= 15 is 0 Å². The predicted molar refractivity (Wildman–Crippen MR) is 75.1 cm³/mol. The predicted octanol–water partition coefficient (Wildman–Crippen LogP) is 0.664. The van der Waals surface area contributed by atoms with Gasteiger partial charge in [-0.25, -0.2) is 4.98 Å². The number of likely N-dealkylation sites (tertiary alicyclic amines) is 1. The smallest absolute Gasteiger partial charge is 0.225 e. The summed E-state index contributed by atoms with van der Waals surface area (Å²) in [6, 6.07) is -0.459. The fourth-order valence-corrected chi connectivity index (χ4v) is 2.57. The molecule has 0 aromatic carbocycles. The second kappa shape index (κ2) is 7.73. The third-order valence-electron chi connectivity index (χ3n) is 3.85. The molecule has 6 nitrogen and oxygen atoms in total. The molecule has 2 rings (SSSR count). The summed E-state index contributed by atoms with van der Waals surface area (Å²) in [7, 11) is 1.69. The minimum absolute atomic E-state index is 0.165. The van der Waals surface area contributed by atoms with Crippen molar-refractivity contribution in [2.75, 3.05) is 26.7 Å². The Morgan fingerprint density at radius 1 is 1.35 bits per heavy atom. The molecule has 20 heavy (non-hydrogen) atoms. The highest BCUT2D eigenvalue weighted by molar-refractivity contribution is 4.99. The summed E-state index contributed by atoms with van der Waals surface area (Å²) in [6.45, 7) is 2.76. The Labute approximate surface area is 119 Å². The molecular weight excluding hydrogens is 258 g/mol. The highest BCUT2D eigenvalue weighted by Gasteiger charge is 2.23. The molecule has 6 heteroatoms. The van der Waals surface area contributed by atoms with E-state index in [1.807, 2.05) is 0 Å². The van der Waals surface area contributed by atoms with Crippen LogP contribution in [0.25, 0.3) is 0 Å². The number of hydrogen-bond donors (Lipinski definition) is 3. The minimum Gasteiger partial charge on any atom is -0.441 e. The lowest BCUT2D eigenvalue weighted by Gasteiger charge is -2.18.